The predicted octanol–water partition coefficient (Wildman–Crippen LogP) is 1.32. The van der Waals surface area contributed by atoms with Crippen LogP contribution in [0.3, 0.4) is 0 Å². The number of carbonyl (C=O) groups excluding carboxylic acids is 4. The molecule has 176 valence electrons. The maximum atomic E-state index is 11.8. The molecule has 1 rings (SSSR count). The number of hydrazine groups is 1. The Kier molecular flexibility index (Phi) is 16.0. The second-order valence-corrected chi connectivity index (χ2v) is 7.96. The van der Waals surface area contributed by atoms with Gasteiger partial charge in [0, 0.05) is 25.0 Å². The molecule has 31 heavy (non-hydrogen) atoms. The summed E-state index contributed by atoms with van der Waals surface area (Å²) in [7, 11) is 0. The van der Waals surface area contributed by atoms with E-state index in [0.29, 0.717) is 6.41 Å². The van der Waals surface area contributed by atoms with Gasteiger partial charge in [-0.2, -0.15) is 0 Å². The van der Waals surface area contributed by atoms with Crippen molar-refractivity contribution in [3.8, 4) is 0 Å². The summed E-state index contributed by atoms with van der Waals surface area (Å²) >= 11 is 0. The Labute approximate surface area is 184 Å². The molecule has 1 heterocycles. The van der Waals surface area contributed by atoms with Gasteiger partial charge in [0.05, 0.1) is 18.8 Å². The van der Waals surface area contributed by atoms with Gasteiger partial charge < -0.3 is 15.8 Å². The van der Waals surface area contributed by atoms with Crippen LogP contribution >= 0.6 is 0 Å². The van der Waals surface area contributed by atoms with Gasteiger partial charge in [0.2, 0.25) is 12.3 Å². The van der Waals surface area contributed by atoms with E-state index in [1.807, 2.05) is 6.92 Å². The summed E-state index contributed by atoms with van der Waals surface area (Å²) in [6.45, 7) is 13.0. The molecule has 0 saturated carbocycles. The van der Waals surface area contributed by atoms with Gasteiger partial charge in [-0.15, -0.1) is 0 Å². The van der Waals surface area contributed by atoms with Crippen LogP contribution in [0.4, 0.5) is 4.79 Å². The van der Waals surface area contributed by atoms with E-state index in [-0.39, 0.29) is 19.5 Å². The Bertz CT molecular complexity index is 659. The van der Waals surface area contributed by atoms with Crippen LogP contribution < -0.4 is 16.5 Å². The summed E-state index contributed by atoms with van der Waals surface area (Å²) in [5.74, 6) is -0.425. The lowest BCUT2D eigenvalue weighted by atomic mass is 10.2. The number of primary amides is 1. The van der Waals surface area contributed by atoms with Crippen molar-refractivity contribution in [2.75, 3.05) is 13.1 Å². The Morgan fingerprint density at radius 3 is 2.16 bits per heavy atom. The van der Waals surface area contributed by atoms with Crippen LogP contribution in [-0.4, -0.2) is 58.0 Å². The van der Waals surface area contributed by atoms with E-state index in [1.165, 1.54) is 0 Å². The van der Waals surface area contributed by atoms with E-state index < -0.39 is 23.5 Å². The Morgan fingerprint density at radius 2 is 1.81 bits per heavy atom. The van der Waals surface area contributed by atoms with E-state index in [4.69, 9.17) is 10.5 Å². The van der Waals surface area contributed by atoms with Crippen molar-refractivity contribution in [1.29, 1.82) is 0 Å². The minimum atomic E-state index is -0.821. The molecular formula is C20H36N6O5. The Morgan fingerprint density at radius 1 is 1.23 bits per heavy atom. The number of hydrogen-bond donors (Lipinski definition) is 3. The first-order chi connectivity index (χ1) is 14.3. The fourth-order valence-corrected chi connectivity index (χ4v) is 1.43. The quantitative estimate of drug-likeness (QED) is 0.445. The van der Waals surface area contributed by atoms with Gasteiger partial charge in [0.1, 0.15) is 5.60 Å². The molecule has 11 heteroatoms. The van der Waals surface area contributed by atoms with Gasteiger partial charge in [-0.05, 0) is 33.6 Å². The first kappa shape index (κ1) is 30.0. The number of rotatable bonds is 6. The molecular weight excluding hydrogens is 404 g/mol. The molecule has 1 aromatic heterocycles. The number of aryl methyl sites for hydroxylation is 1. The molecule has 0 aliphatic carbocycles. The summed E-state index contributed by atoms with van der Waals surface area (Å²) in [4.78, 5) is 51.8. The van der Waals surface area contributed by atoms with Crippen molar-refractivity contribution in [3.63, 3.8) is 0 Å². The topological polar surface area (TPSA) is 157 Å². The van der Waals surface area contributed by atoms with E-state index in [2.05, 4.69) is 41.5 Å². The molecule has 0 aliphatic rings. The number of carbonyl (C=O) groups is 4. The van der Waals surface area contributed by atoms with Crippen LogP contribution in [0.25, 0.3) is 0 Å². The van der Waals surface area contributed by atoms with Crippen LogP contribution in [0.2, 0.25) is 0 Å². The number of hydrogen-bond acceptors (Lipinski definition) is 7. The third-order valence-electron chi connectivity index (χ3n) is 2.49. The van der Waals surface area contributed by atoms with Crippen molar-refractivity contribution >= 4 is 24.3 Å². The van der Waals surface area contributed by atoms with Gasteiger partial charge in [-0.1, -0.05) is 20.8 Å². The zero-order chi connectivity index (χ0) is 24.4. The van der Waals surface area contributed by atoms with Crippen LogP contribution in [0.5, 0.6) is 0 Å². The largest absolute Gasteiger partial charge is 0.442 e. The molecule has 0 radical (unpaired) electrons. The molecule has 0 unspecified atom stereocenters. The summed E-state index contributed by atoms with van der Waals surface area (Å²) in [5.41, 5.74) is 7.41. The van der Waals surface area contributed by atoms with Crippen molar-refractivity contribution in [2.45, 2.75) is 60.5 Å². The standard InChI is InChI=1S/C11H20N4O5.C5H6N2.C4H10/c1-11(2,3)20-10(19)15(5-4-8(12)17)14-9(18)6-13-7-16;1-5-4-6-2-3-7-5;1-4(2)3/h7H,4-6H2,1-3H3,(H2,12,17)(H,13,16)(H,14,18);2-4H,1H3;4H,1-3H3. The zero-order valence-corrected chi connectivity index (χ0v) is 19.5. The zero-order valence-electron chi connectivity index (χ0n) is 19.5. The maximum Gasteiger partial charge on any atom is 0.429 e. The molecule has 0 aromatic carbocycles. The molecule has 0 bridgehead atoms. The third-order valence-corrected chi connectivity index (χ3v) is 2.49. The molecule has 11 nitrogen and oxygen atoms in total. The van der Waals surface area contributed by atoms with Gasteiger partial charge >= 0.3 is 6.09 Å². The number of aromatic nitrogens is 2. The highest BCUT2D eigenvalue weighted by Crippen LogP contribution is 2.09. The molecule has 0 saturated heterocycles. The lowest BCUT2D eigenvalue weighted by Gasteiger charge is -2.27. The van der Waals surface area contributed by atoms with Crippen molar-refractivity contribution in [3.05, 3.63) is 24.3 Å². The number of nitrogens with one attached hydrogen (secondary N) is 2. The van der Waals surface area contributed by atoms with Gasteiger partial charge in [-0.3, -0.25) is 29.8 Å². The Hall–Kier alpha value is -3.24. The van der Waals surface area contributed by atoms with Crippen LogP contribution in [0.1, 0.15) is 53.7 Å². The van der Waals surface area contributed by atoms with Gasteiger partial charge in [0.25, 0.3) is 5.91 Å². The number of amides is 4. The molecule has 0 fully saturated rings. The number of ether oxygens (including phenoxy) is 1. The maximum absolute atomic E-state index is 11.8. The minimum Gasteiger partial charge on any atom is -0.442 e. The van der Waals surface area contributed by atoms with Crippen LogP contribution in [-0.2, 0) is 19.1 Å². The molecule has 0 aliphatic heterocycles. The average Bonchev–Trinajstić information content (AvgIpc) is 2.62. The summed E-state index contributed by atoms with van der Waals surface area (Å²) < 4.78 is 5.07. The second kappa shape index (κ2) is 16.5. The van der Waals surface area contributed by atoms with E-state index in [0.717, 1.165) is 16.6 Å². The molecule has 4 amide bonds. The predicted molar refractivity (Wildman–Crippen MR) is 116 cm³/mol. The highest BCUT2D eigenvalue weighted by molar-refractivity contribution is 5.82. The first-order valence-electron chi connectivity index (χ1n) is 9.76. The number of nitrogens with two attached hydrogens (primary N) is 1. The first-order valence-corrected chi connectivity index (χ1v) is 9.76. The van der Waals surface area contributed by atoms with E-state index in [1.54, 1.807) is 39.4 Å². The lowest BCUT2D eigenvalue weighted by Crippen LogP contribution is -2.51. The van der Waals surface area contributed by atoms with Crippen molar-refractivity contribution in [1.82, 2.24) is 25.7 Å². The lowest BCUT2D eigenvalue weighted by molar-refractivity contribution is -0.127. The molecule has 4 N–H and O–H groups in total. The smallest absolute Gasteiger partial charge is 0.429 e. The van der Waals surface area contributed by atoms with E-state index in [9.17, 15) is 19.2 Å². The normalized spacial score (nSPS) is 9.81. The SMILES string of the molecule is CC(C)(C)OC(=O)N(CCC(N)=O)NC(=O)CNC=O.CC(C)C.Cc1cnccn1. The summed E-state index contributed by atoms with van der Waals surface area (Å²) in [6, 6.07) is 0. The fraction of sp³-hybridized carbons (Fsp3) is 0.600. The van der Waals surface area contributed by atoms with E-state index >= 15 is 0 Å². The summed E-state index contributed by atoms with van der Waals surface area (Å²) in [6.07, 6.45) is 4.45. The Balaban J connectivity index is 0. The van der Waals surface area contributed by atoms with Crippen molar-refractivity contribution in [2.24, 2.45) is 11.7 Å². The highest BCUT2D eigenvalue weighted by Gasteiger charge is 2.23. The average molecular weight is 441 g/mol. The minimum absolute atomic E-state index is 0.128. The van der Waals surface area contributed by atoms with Crippen molar-refractivity contribution < 1.29 is 23.9 Å². The molecule has 0 atom stereocenters. The van der Waals surface area contributed by atoms with Crippen LogP contribution in [0.15, 0.2) is 18.6 Å². The molecule has 0 spiro atoms. The third kappa shape index (κ3) is 22.9. The monoisotopic (exact) mass is 440 g/mol. The fourth-order valence-electron chi connectivity index (χ4n) is 1.43. The molecule has 1 aromatic rings. The van der Waals surface area contributed by atoms with Gasteiger partial charge in [0.15, 0.2) is 0 Å². The number of nitrogens with zero attached hydrogens (tertiary/aromatic N) is 3. The second-order valence-electron chi connectivity index (χ2n) is 7.96. The van der Waals surface area contributed by atoms with Crippen LogP contribution in [0, 0.1) is 12.8 Å². The highest BCUT2D eigenvalue weighted by atomic mass is 16.6. The summed E-state index contributed by atoms with van der Waals surface area (Å²) in [5, 5.41) is 2.98. The van der Waals surface area contributed by atoms with Gasteiger partial charge in [-0.25, -0.2) is 9.80 Å².